The molecule has 8 rings (SSSR count). The van der Waals surface area contributed by atoms with Crippen molar-refractivity contribution in [3.05, 3.63) is 120 Å². The highest BCUT2D eigenvalue weighted by Crippen LogP contribution is 2.66. The molecular weight excluding hydrogens is 696 g/mol. The van der Waals surface area contributed by atoms with Crippen LogP contribution in [0.2, 0.25) is 0 Å². The van der Waals surface area contributed by atoms with Crippen LogP contribution in [0.5, 0.6) is 11.5 Å². The Morgan fingerprint density at radius 2 is 1.45 bits per heavy atom. The quantitative estimate of drug-likeness (QED) is 0.124. The summed E-state index contributed by atoms with van der Waals surface area (Å²) in [4.78, 5) is 55.1. The number of imide groups is 2. The van der Waals surface area contributed by atoms with E-state index >= 15 is 0 Å². The summed E-state index contributed by atoms with van der Waals surface area (Å²) in [5, 5.41) is 14.6. The van der Waals surface area contributed by atoms with Gasteiger partial charge in [-0.2, -0.15) is 0 Å². The molecule has 2 N–H and O–H groups in total. The third kappa shape index (κ3) is 4.80. The van der Waals surface area contributed by atoms with Crippen LogP contribution in [0.1, 0.15) is 24.3 Å². The first kappa shape index (κ1) is 33.0. The lowest BCUT2D eigenvalue weighted by atomic mass is 9.56. The Labute approximate surface area is 302 Å². The third-order valence-electron chi connectivity index (χ3n) is 10.6. The lowest BCUT2D eigenvalue weighted by Gasteiger charge is -2.50. The van der Waals surface area contributed by atoms with Crippen molar-refractivity contribution in [1.29, 1.82) is 0 Å². The summed E-state index contributed by atoms with van der Waals surface area (Å²) in [6, 6.07) is 25.7. The first-order valence-electron chi connectivity index (χ1n) is 16.4. The fourth-order valence-electron chi connectivity index (χ4n) is 8.27. The topological polar surface area (TPSA) is 116 Å². The van der Waals surface area contributed by atoms with E-state index in [2.05, 4.69) is 5.32 Å². The number of anilines is 4. The summed E-state index contributed by atoms with van der Waals surface area (Å²) in [6.45, 7) is 0. The molecule has 1 saturated carbocycles. The predicted octanol–water partition coefficient (Wildman–Crippen LogP) is 7.05. The highest BCUT2D eigenvalue weighted by atomic mass is 35.5. The third-order valence-corrected chi connectivity index (χ3v) is 12.0. The monoisotopic (exact) mass is 725 g/mol. The van der Waals surface area contributed by atoms with E-state index in [1.54, 1.807) is 30.3 Å². The van der Waals surface area contributed by atoms with Crippen LogP contribution in [0, 0.1) is 23.6 Å². The lowest BCUT2D eigenvalue weighted by molar-refractivity contribution is -0.125. The first-order chi connectivity index (χ1) is 24.5. The first-order valence-corrected chi connectivity index (χ1v) is 17.1. The molecule has 0 spiro atoms. The molecule has 9 nitrogen and oxygen atoms in total. The zero-order valence-electron chi connectivity index (χ0n) is 27.1. The summed E-state index contributed by atoms with van der Waals surface area (Å²) in [5.74, 6) is -6.75. The van der Waals surface area contributed by atoms with Crippen molar-refractivity contribution in [3.8, 4) is 11.5 Å². The number of carbonyl (C=O) groups is 4. The molecule has 4 aliphatic rings. The number of aromatic hydroxyl groups is 1. The molecule has 4 amide bonds. The number of nitrogens with zero attached hydrogens (tertiary/aromatic N) is 2. The fourth-order valence-corrected chi connectivity index (χ4v) is 9.20. The molecule has 0 radical (unpaired) electrons. The number of methoxy groups -OCH3 is 1. The average Bonchev–Trinajstić information content (AvgIpc) is 3.47. The van der Waals surface area contributed by atoms with Crippen LogP contribution in [0.3, 0.4) is 0 Å². The molecule has 6 unspecified atom stereocenters. The number of nitrogens with one attached hydrogen (secondary N) is 1. The van der Waals surface area contributed by atoms with Gasteiger partial charge in [-0.25, -0.2) is 9.29 Å². The van der Waals surface area contributed by atoms with Crippen molar-refractivity contribution in [3.63, 3.8) is 0 Å². The van der Waals surface area contributed by atoms with E-state index in [0.29, 0.717) is 17.0 Å². The van der Waals surface area contributed by atoms with Crippen LogP contribution in [-0.2, 0) is 19.2 Å². The van der Waals surface area contributed by atoms with Gasteiger partial charge in [0, 0.05) is 22.9 Å². The second-order valence-corrected chi connectivity index (χ2v) is 14.5. The number of para-hydroxylation sites is 1. The number of halogens is 3. The Morgan fingerprint density at radius 1 is 0.804 bits per heavy atom. The van der Waals surface area contributed by atoms with Crippen molar-refractivity contribution in [2.75, 3.05) is 22.2 Å². The van der Waals surface area contributed by atoms with Gasteiger partial charge in [0.05, 0.1) is 30.3 Å². The molecule has 2 aliphatic carbocycles. The van der Waals surface area contributed by atoms with E-state index in [1.165, 1.54) is 42.3 Å². The number of ether oxygens (including phenoxy) is 1. The Hall–Kier alpha value is -5.19. The number of phenols is 1. The van der Waals surface area contributed by atoms with Gasteiger partial charge in [0.1, 0.15) is 17.3 Å². The summed E-state index contributed by atoms with van der Waals surface area (Å²) < 4.78 is 19.4. The van der Waals surface area contributed by atoms with Crippen molar-refractivity contribution in [2.24, 2.45) is 17.8 Å². The van der Waals surface area contributed by atoms with Gasteiger partial charge in [-0.1, -0.05) is 29.8 Å². The van der Waals surface area contributed by atoms with Gasteiger partial charge in [-0.05, 0) is 97.6 Å². The van der Waals surface area contributed by atoms with Crippen LogP contribution < -0.4 is 19.9 Å². The van der Waals surface area contributed by atoms with E-state index in [0.717, 1.165) is 28.4 Å². The Balaban J connectivity index is 1.21. The maximum atomic E-state index is 14.5. The molecule has 2 saturated heterocycles. The molecule has 258 valence electrons. The lowest BCUT2D eigenvalue weighted by Crippen LogP contribution is -2.60. The highest BCUT2D eigenvalue weighted by molar-refractivity contribution is 6.58. The SMILES string of the molecule is COc1ccc(O)c(C2C3=CCC4C(=O)N(c5ccc(Nc6ccccc6)cc5)C(=O)C4C3CC3(Cl)C(=O)N(c4ccc(F)cc4)C(=O)C23Cl)c1. The molecule has 4 aromatic rings. The second-order valence-electron chi connectivity index (χ2n) is 13.2. The van der Waals surface area contributed by atoms with E-state index in [1.807, 2.05) is 30.3 Å². The minimum atomic E-state index is -2.19. The molecule has 0 bridgehead atoms. The number of carbonyl (C=O) groups excluding carboxylic acids is 4. The van der Waals surface area contributed by atoms with Crippen molar-refractivity contribution in [2.45, 2.75) is 28.5 Å². The molecule has 12 heteroatoms. The van der Waals surface area contributed by atoms with Gasteiger partial charge >= 0.3 is 0 Å². The van der Waals surface area contributed by atoms with E-state index in [9.17, 15) is 28.7 Å². The van der Waals surface area contributed by atoms with Gasteiger partial charge in [0.25, 0.3) is 11.8 Å². The van der Waals surface area contributed by atoms with Gasteiger partial charge in [0.2, 0.25) is 11.8 Å². The standard InChI is InChI=1S/C39H30Cl2FN3O6/c1-51-26-15-18-31(46)29(19-26)33-27-16-17-28-32(35(48)44(34(28)47)24-13-9-23(10-14-24)43-22-5-3-2-4-6-22)30(27)20-38(40)36(49)45(37(50)39(33,38)41)25-11-7-21(42)8-12-25/h2-16,18-19,28,30,32-33,43,46H,17,20H2,1H3. The van der Waals surface area contributed by atoms with Crippen LogP contribution in [0.25, 0.3) is 0 Å². The number of alkyl halides is 2. The number of benzene rings is 4. The van der Waals surface area contributed by atoms with E-state index in [-0.39, 0.29) is 29.8 Å². The van der Waals surface area contributed by atoms with Crippen LogP contribution in [0.4, 0.5) is 27.1 Å². The number of hydrogen-bond acceptors (Lipinski definition) is 7. The van der Waals surface area contributed by atoms with Crippen LogP contribution >= 0.6 is 23.2 Å². The Morgan fingerprint density at radius 3 is 2.14 bits per heavy atom. The number of hydrogen-bond donors (Lipinski definition) is 2. The maximum Gasteiger partial charge on any atom is 0.258 e. The highest BCUT2D eigenvalue weighted by Gasteiger charge is 2.77. The Bertz CT molecular complexity index is 2150. The van der Waals surface area contributed by atoms with E-state index < -0.39 is 62.9 Å². The molecule has 6 atom stereocenters. The van der Waals surface area contributed by atoms with Gasteiger partial charge in [-0.3, -0.25) is 24.1 Å². The maximum absolute atomic E-state index is 14.5. The Kier molecular flexibility index (Phi) is 7.73. The van der Waals surface area contributed by atoms with E-state index in [4.69, 9.17) is 27.9 Å². The van der Waals surface area contributed by atoms with Crippen LogP contribution in [0.15, 0.2) is 109 Å². The number of amides is 4. The smallest absolute Gasteiger partial charge is 0.258 e. The summed E-state index contributed by atoms with van der Waals surface area (Å²) in [5.41, 5.74) is 2.77. The summed E-state index contributed by atoms with van der Waals surface area (Å²) in [7, 11) is 1.44. The molecule has 51 heavy (non-hydrogen) atoms. The second kappa shape index (κ2) is 12.0. The number of rotatable bonds is 6. The number of fused-ring (bicyclic) bond motifs is 4. The van der Waals surface area contributed by atoms with Crippen molar-refractivity contribution in [1.82, 2.24) is 0 Å². The average molecular weight is 727 g/mol. The zero-order valence-corrected chi connectivity index (χ0v) is 28.6. The largest absolute Gasteiger partial charge is 0.508 e. The minimum absolute atomic E-state index is 0.0628. The minimum Gasteiger partial charge on any atom is -0.508 e. The normalized spacial score (nSPS) is 28.3. The van der Waals surface area contributed by atoms with Crippen molar-refractivity contribution >= 4 is 69.6 Å². The van der Waals surface area contributed by atoms with Crippen molar-refractivity contribution < 1.29 is 33.4 Å². The predicted molar refractivity (Wildman–Crippen MR) is 190 cm³/mol. The number of allylic oxidation sites excluding steroid dienone is 2. The van der Waals surface area contributed by atoms with Gasteiger partial charge < -0.3 is 15.2 Å². The fraction of sp³-hybridized carbons (Fsp3) is 0.231. The number of phenolic OH excluding ortho intramolecular Hbond substituents is 1. The molecule has 2 heterocycles. The molecule has 2 aliphatic heterocycles. The molecule has 4 aromatic carbocycles. The summed E-state index contributed by atoms with van der Waals surface area (Å²) in [6.07, 6.45) is 1.69. The summed E-state index contributed by atoms with van der Waals surface area (Å²) >= 11 is 14.8. The van der Waals surface area contributed by atoms with Gasteiger partial charge in [0.15, 0.2) is 9.75 Å². The zero-order chi connectivity index (χ0) is 35.8. The molecule has 3 fully saturated rings. The molecular formula is C39H30Cl2FN3O6. The van der Waals surface area contributed by atoms with Gasteiger partial charge in [-0.15, -0.1) is 23.2 Å². The molecule has 0 aromatic heterocycles. The van der Waals surface area contributed by atoms with Crippen LogP contribution in [-0.4, -0.2) is 45.6 Å².